The average Bonchev–Trinajstić information content (AvgIpc) is 2.39. The molecule has 3 atom stereocenters. The molecule has 1 fully saturated rings. The van der Waals surface area contributed by atoms with Crippen molar-refractivity contribution in [1.82, 2.24) is 0 Å². The summed E-state index contributed by atoms with van der Waals surface area (Å²) in [6.07, 6.45) is -0.832. The first-order chi connectivity index (χ1) is 8.99. The Hall–Kier alpha value is -1.07. The van der Waals surface area contributed by atoms with Gasteiger partial charge in [-0.1, -0.05) is 30.3 Å². The van der Waals surface area contributed by atoms with Crippen molar-refractivity contribution in [1.29, 1.82) is 0 Å². The molecule has 2 N–H and O–H groups in total. The highest BCUT2D eigenvalue weighted by atomic mass is 19.3. The Kier molecular flexibility index (Phi) is 4.47. The van der Waals surface area contributed by atoms with Gasteiger partial charge < -0.3 is 10.5 Å². The molecule has 1 aliphatic carbocycles. The van der Waals surface area contributed by atoms with Gasteiger partial charge in [-0.25, -0.2) is 4.39 Å². The van der Waals surface area contributed by atoms with Crippen LogP contribution in [0.1, 0.15) is 24.8 Å². The van der Waals surface area contributed by atoms with Crippen LogP contribution in [0.25, 0.3) is 0 Å². The molecule has 106 valence electrons. The van der Waals surface area contributed by atoms with Crippen molar-refractivity contribution in [3.63, 3.8) is 0 Å². The van der Waals surface area contributed by atoms with Crippen LogP contribution in [0.3, 0.4) is 0 Å². The Morgan fingerprint density at radius 3 is 2.53 bits per heavy atom. The molecule has 2 nitrogen and oxygen atoms in total. The van der Waals surface area contributed by atoms with Crippen LogP contribution in [0, 0.1) is 0 Å². The van der Waals surface area contributed by atoms with Gasteiger partial charge >= 0.3 is 0 Å². The van der Waals surface area contributed by atoms with Gasteiger partial charge in [-0.15, -0.1) is 0 Å². The number of benzene rings is 1. The van der Waals surface area contributed by atoms with E-state index in [1.807, 2.05) is 0 Å². The summed E-state index contributed by atoms with van der Waals surface area (Å²) in [6, 6.07) is 7.24. The monoisotopic (exact) mass is 273 g/mol. The topological polar surface area (TPSA) is 35.2 Å². The van der Waals surface area contributed by atoms with E-state index < -0.39 is 24.8 Å². The van der Waals surface area contributed by atoms with Gasteiger partial charge in [-0.3, -0.25) is 0 Å². The number of alkyl halides is 3. The zero-order valence-electron chi connectivity index (χ0n) is 10.6. The molecule has 1 aliphatic rings. The van der Waals surface area contributed by atoms with E-state index in [9.17, 15) is 13.2 Å². The molecule has 0 spiro atoms. The second-order valence-corrected chi connectivity index (χ2v) is 5.01. The highest BCUT2D eigenvalue weighted by molar-refractivity contribution is 5.19. The summed E-state index contributed by atoms with van der Waals surface area (Å²) >= 11 is 0. The zero-order valence-corrected chi connectivity index (χ0v) is 10.6. The number of hydrogen-bond donors (Lipinski definition) is 1. The lowest BCUT2D eigenvalue weighted by atomic mass is 9.92. The van der Waals surface area contributed by atoms with E-state index in [0.29, 0.717) is 12.8 Å². The molecule has 0 heterocycles. The largest absolute Gasteiger partial charge is 0.369 e. The van der Waals surface area contributed by atoms with Gasteiger partial charge in [-0.2, -0.15) is 8.78 Å². The van der Waals surface area contributed by atoms with Gasteiger partial charge in [0.1, 0.15) is 12.8 Å². The van der Waals surface area contributed by atoms with E-state index in [2.05, 4.69) is 0 Å². The van der Waals surface area contributed by atoms with E-state index in [1.165, 1.54) is 12.1 Å². The van der Waals surface area contributed by atoms with Gasteiger partial charge in [0.25, 0.3) is 5.92 Å². The number of halogens is 3. The molecule has 19 heavy (non-hydrogen) atoms. The minimum atomic E-state index is -3.10. The smallest absolute Gasteiger partial charge is 0.296 e. The Balaban J connectivity index is 1.91. The fourth-order valence-electron chi connectivity index (χ4n) is 2.28. The Bertz CT molecular complexity index is 399. The van der Waals surface area contributed by atoms with Crippen molar-refractivity contribution in [3.05, 3.63) is 35.9 Å². The lowest BCUT2D eigenvalue weighted by molar-refractivity contribution is -0.126. The standard InChI is InChI=1S/C14H18F3NO/c15-12-8-11(18)6-7-13(12)19-9-14(16,17)10-4-2-1-3-5-10/h1-5,11-13H,6-9,18H2. The van der Waals surface area contributed by atoms with Crippen LogP contribution in [0.4, 0.5) is 13.2 Å². The van der Waals surface area contributed by atoms with Crippen molar-refractivity contribution < 1.29 is 17.9 Å². The minimum absolute atomic E-state index is 0.113. The first-order valence-electron chi connectivity index (χ1n) is 6.43. The van der Waals surface area contributed by atoms with Crippen LogP contribution in [0.15, 0.2) is 30.3 Å². The van der Waals surface area contributed by atoms with Crippen molar-refractivity contribution in [2.75, 3.05) is 6.61 Å². The third-order valence-electron chi connectivity index (χ3n) is 3.43. The van der Waals surface area contributed by atoms with E-state index in [0.717, 1.165) is 0 Å². The average molecular weight is 273 g/mol. The molecule has 0 radical (unpaired) electrons. The second kappa shape index (κ2) is 5.92. The molecule has 1 saturated carbocycles. The molecular weight excluding hydrogens is 255 g/mol. The Morgan fingerprint density at radius 2 is 1.89 bits per heavy atom. The molecule has 0 saturated heterocycles. The zero-order chi connectivity index (χ0) is 13.9. The van der Waals surface area contributed by atoms with E-state index in [-0.39, 0.29) is 18.0 Å². The van der Waals surface area contributed by atoms with Crippen LogP contribution >= 0.6 is 0 Å². The van der Waals surface area contributed by atoms with Crippen LogP contribution < -0.4 is 5.73 Å². The molecule has 1 aromatic carbocycles. The normalized spacial score (nSPS) is 28.3. The fourth-order valence-corrected chi connectivity index (χ4v) is 2.28. The molecule has 3 unspecified atom stereocenters. The van der Waals surface area contributed by atoms with Crippen molar-refractivity contribution in [2.45, 2.75) is 43.5 Å². The van der Waals surface area contributed by atoms with Crippen LogP contribution in [0.5, 0.6) is 0 Å². The number of ether oxygens (including phenoxy) is 1. The van der Waals surface area contributed by atoms with Crippen LogP contribution in [-0.4, -0.2) is 24.9 Å². The maximum atomic E-state index is 13.8. The highest BCUT2D eigenvalue weighted by Crippen LogP contribution is 2.30. The maximum absolute atomic E-state index is 13.8. The second-order valence-electron chi connectivity index (χ2n) is 5.01. The van der Waals surface area contributed by atoms with Crippen molar-refractivity contribution in [3.8, 4) is 0 Å². The third kappa shape index (κ3) is 3.70. The molecule has 1 aromatic rings. The van der Waals surface area contributed by atoms with Crippen molar-refractivity contribution >= 4 is 0 Å². The quantitative estimate of drug-likeness (QED) is 0.915. The van der Waals surface area contributed by atoms with Crippen molar-refractivity contribution in [2.24, 2.45) is 5.73 Å². The first kappa shape index (κ1) is 14.3. The van der Waals surface area contributed by atoms with Gasteiger partial charge in [0.2, 0.25) is 0 Å². The van der Waals surface area contributed by atoms with E-state index in [1.54, 1.807) is 18.2 Å². The Morgan fingerprint density at radius 1 is 1.21 bits per heavy atom. The maximum Gasteiger partial charge on any atom is 0.296 e. The molecule has 0 amide bonds. The van der Waals surface area contributed by atoms with Crippen LogP contribution in [0.2, 0.25) is 0 Å². The molecular formula is C14H18F3NO. The molecule has 2 rings (SSSR count). The van der Waals surface area contributed by atoms with Gasteiger partial charge in [0, 0.05) is 11.6 Å². The molecule has 0 bridgehead atoms. The first-order valence-corrected chi connectivity index (χ1v) is 6.43. The fraction of sp³-hybridized carbons (Fsp3) is 0.571. The number of nitrogens with two attached hydrogens (primary N) is 1. The number of hydrogen-bond acceptors (Lipinski definition) is 2. The van der Waals surface area contributed by atoms with E-state index >= 15 is 0 Å². The summed E-state index contributed by atoms with van der Waals surface area (Å²) < 4.78 is 46.4. The Labute approximate surface area is 110 Å². The summed E-state index contributed by atoms with van der Waals surface area (Å²) in [4.78, 5) is 0. The summed E-state index contributed by atoms with van der Waals surface area (Å²) in [5.74, 6) is -3.10. The summed E-state index contributed by atoms with van der Waals surface area (Å²) in [5, 5.41) is 0. The highest BCUT2D eigenvalue weighted by Gasteiger charge is 2.36. The SMILES string of the molecule is NC1CCC(OCC(F)(F)c2ccccc2)C(F)C1. The molecule has 0 aliphatic heterocycles. The summed E-state index contributed by atoms with van der Waals surface area (Å²) in [5.41, 5.74) is 5.50. The van der Waals surface area contributed by atoms with E-state index in [4.69, 9.17) is 10.5 Å². The lowest BCUT2D eigenvalue weighted by Crippen LogP contribution is -2.40. The molecule has 5 heteroatoms. The van der Waals surface area contributed by atoms with Gasteiger partial charge in [0.15, 0.2) is 0 Å². The number of rotatable bonds is 4. The van der Waals surface area contributed by atoms with Crippen LogP contribution in [-0.2, 0) is 10.7 Å². The van der Waals surface area contributed by atoms with Gasteiger partial charge in [-0.05, 0) is 19.3 Å². The predicted molar refractivity (Wildman–Crippen MR) is 66.8 cm³/mol. The molecule has 0 aromatic heterocycles. The van der Waals surface area contributed by atoms with Gasteiger partial charge in [0.05, 0.1) is 6.10 Å². The lowest BCUT2D eigenvalue weighted by Gasteiger charge is -2.31. The predicted octanol–water partition coefficient (Wildman–Crippen LogP) is 3.01. The third-order valence-corrected chi connectivity index (χ3v) is 3.43. The summed E-state index contributed by atoms with van der Waals surface area (Å²) in [6.45, 7) is -0.794. The summed E-state index contributed by atoms with van der Waals surface area (Å²) in [7, 11) is 0. The minimum Gasteiger partial charge on any atom is -0.369 e.